The number of nitrogens with zero attached hydrogens (tertiary/aromatic N) is 4. The Hall–Kier alpha value is -3.18. The van der Waals surface area contributed by atoms with E-state index in [1.54, 1.807) is 28.2 Å². The molecule has 7 nitrogen and oxygen atoms in total. The monoisotopic (exact) mass is 505 g/mol. The number of rotatable bonds is 8. The summed E-state index contributed by atoms with van der Waals surface area (Å²) in [4.78, 5) is 24.4. The first-order valence-corrected chi connectivity index (χ1v) is 12.0. The van der Waals surface area contributed by atoms with Crippen LogP contribution < -0.4 is 15.0 Å². The number of aromatic nitrogens is 2. The van der Waals surface area contributed by atoms with Gasteiger partial charge in [-0.1, -0.05) is 18.2 Å². The molecule has 2 aromatic heterocycles. The van der Waals surface area contributed by atoms with Gasteiger partial charge in [0, 0.05) is 44.2 Å². The highest BCUT2D eigenvalue weighted by atomic mass is 32.1. The van der Waals surface area contributed by atoms with Crippen LogP contribution in [0.4, 0.5) is 19.0 Å². The number of fused-ring (bicyclic) bond motifs is 1. The highest BCUT2D eigenvalue weighted by molar-refractivity contribution is 7.10. The van der Waals surface area contributed by atoms with E-state index >= 15 is 0 Å². The number of carbonyl (C=O) groups excluding carboxylic acids is 1. The first-order chi connectivity index (χ1) is 16.8. The van der Waals surface area contributed by atoms with Crippen molar-refractivity contribution < 1.29 is 22.7 Å². The summed E-state index contributed by atoms with van der Waals surface area (Å²) in [6.45, 7) is 1.82. The molecule has 1 amide bonds. The molecule has 0 saturated carbocycles. The molecule has 1 aliphatic rings. The van der Waals surface area contributed by atoms with Gasteiger partial charge in [-0.2, -0.15) is 13.2 Å². The molecular weight excluding hydrogens is 479 g/mol. The van der Waals surface area contributed by atoms with Crippen molar-refractivity contribution in [2.45, 2.75) is 25.2 Å². The minimum Gasteiger partial charge on any atom is -0.485 e. The maximum absolute atomic E-state index is 13.1. The van der Waals surface area contributed by atoms with Gasteiger partial charge in [0.25, 0.3) is 5.91 Å². The topological polar surface area (TPSA) is 70.6 Å². The van der Waals surface area contributed by atoms with Crippen molar-refractivity contribution in [3.63, 3.8) is 0 Å². The summed E-state index contributed by atoms with van der Waals surface area (Å²) >= 11 is 1.65. The molecule has 0 radical (unpaired) electrons. The van der Waals surface area contributed by atoms with E-state index in [0.29, 0.717) is 19.6 Å². The number of hydrogen-bond acceptors (Lipinski definition) is 7. The Morgan fingerprint density at radius 2 is 1.97 bits per heavy atom. The van der Waals surface area contributed by atoms with Crippen molar-refractivity contribution >= 4 is 23.1 Å². The third-order valence-electron chi connectivity index (χ3n) is 5.70. The molecule has 0 aliphatic carbocycles. The predicted octanol–water partition coefficient (Wildman–Crippen LogP) is 4.38. The van der Waals surface area contributed by atoms with E-state index in [-0.39, 0.29) is 17.5 Å². The Labute approximate surface area is 205 Å². The predicted molar refractivity (Wildman–Crippen MR) is 128 cm³/mol. The zero-order valence-corrected chi connectivity index (χ0v) is 20.2. The van der Waals surface area contributed by atoms with Gasteiger partial charge in [-0.3, -0.25) is 4.79 Å². The molecule has 0 spiro atoms. The van der Waals surface area contributed by atoms with Gasteiger partial charge >= 0.3 is 6.18 Å². The van der Waals surface area contributed by atoms with Gasteiger partial charge in [0.2, 0.25) is 5.82 Å². The number of carbonyl (C=O) groups is 1. The fraction of sp³-hybridized carbons (Fsp3) is 0.375. The van der Waals surface area contributed by atoms with Crippen LogP contribution >= 0.6 is 11.3 Å². The summed E-state index contributed by atoms with van der Waals surface area (Å²) in [7, 11) is 3.52. The molecule has 3 heterocycles. The SMILES string of the molecule is CNCC[C@H](Oc1ccc(CN2CCN(C)c3nc(C(F)(F)F)ncc3C2=O)cc1)c1cccs1. The number of thiophene rings is 1. The first kappa shape index (κ1) is 24.9. The van der Waals surface area contributed by atoms with Gasteiger partial charge in [-0.15, -0.1) is 11.3 Å². The van der Waals surface area contributed by atoms with E-state index in [2.05, 4.69) is 21.4 Å². The van der Waals surface area contributed by atoms with Crippen molar-refractivity contribution in [3.05, 3.63) is 69.8 Å². The molecule has 0 bridgehead atoms. The quantitative estimate of drug-likeness (QED) is 0.490. The van der Waals surface area contributed by atoms with E-state index in [9.17, 15) is 18.0 Å². The second-order valence-corrected chi connectivity index (χ2v) is 9.21. The van der Waals surface area contributed by atoms with Crippen molar-refractivity contribution in [2.24, 2.45) is 0 Å². The Kier molecular flexibility index (Phi) is 7.56. The van der Waals surface area contributed by atoms with Crippen LogP contribution in [0.1, 0.15) is 39.1 Å². The fourth-order valence-electron chi connectivity index (χ4n) is 3.82. The number of anilines is 1. The number of benzene rings is 1. The van der Waals surface area contributed by atoms with Crippen molar-refractivity contribution in [3.8, 4) is 5.75 Å². The summed E-state index contributed by atoms with van der Waals surface area (Å²) in [5.74, 6) is -0.938. The van der Waals surface area contributed by atoms with Crippen LogP contribution in [-0.4, -0.2) is 54.5 Å². The highest BCUT2D eigenvalue weighted by Gasteiger charge is 2.37. The standard InChI is InChI=1S/C24H26F3N5O2S/c1-28-10-9-19(20-4-3-13-35-20)34-17-7-5-16(6-8-17)15-32-12-11-31(2)21-18(22(32)33)14-29-23(30-21)24(25,26)27/h3-8,13-14,19,28H,9-12,15H2,1-2H3/t19-/m0/s1. The fourth-order valence-corrected chi connectivity index (χ4v) is 4.61. The summed E-state index contributed by atoms with van der Waals surface area (Å²) < 4.78 is 45.4. The molecule has 0 saturated heterocycles. The zero-order valence-electron chi connectivity index (χ0n) is 19.4. The van der Waals surface area contributed by atoms with Crippen LogP contribution in [0.3, 0.4) is 0 Å². The number of alkyl halides is 3. The number of ether oxygens (including phenoxy) is 1. The van der Waals surface area contributed by atoms with Gasteiger partial charge in [-0.25, -0.2) is 9.97 Å². The molecule has 35 heavy (non-hydrogen) atoms. The Morgan fingerprint density at radius 3 is 2.63 bits per heavy atom. The highest BCUT2D eigenvalue weighted by Crippen LogP contribution is 2.31. The third kappa shape index (κ3) is 5.91. The van der Waals surface area contributed by atoms with E-state index < -0.39 is 17.9 Å². The summed E-state index contributed by atoms with van der Waals surface area (Å²) in [6, 6.07) is 11.6. The van der Waals surface area contributed by atoms with E-state index in [1.165, 1.54) is 0 Å². The zero-order chi connectivity index (χ0) is 25.0. The van der Waals surface area contributed by atoms with Crippen LogP contribution in [0.15, 0.2) is 48.0 Å². The number of amides is 1. The minimum atomic E-state index is -4.68. The summed E-state index contributed by atoms with van der Waals surface area (Å²) in [5, 5.41) is 5.17. The lowest BCUT2D eigenvalue weighted by Crippen LogP contribution is -2.33. The number of likely N-dealkylation sites (N-methyl/N-ethyl adjacent to an activating group) is 1. The molecule has 1 N–H and O–H groups in total. The normalized spacial score (nSPS) is 15.1. The third-order valence-corrected chi connectivity index (χ3v) is 6.66. The molecule has 186 valence electrons. The van der Waals surface area contributed by atoms with Gasteiger partial charge in [0.15, 0.2) is 0 Å². The summed E-state index contributed by atoms with van der Waals surface area (Å²) in [5.41, 5.74) is 0.939. The number of hydrogen-bond donors (Lipinski definition) is 1. The van der Waals surface area contributed by atoms with E-state index in [0.717, 1.165) is 35.4 Å². The van der Waals surface area contributed by atoms with Crippen LogP contribution in [0, 0.1) is 0 Å². The molecule has 11 heteroatoms. The van der Waals surface area contributed by atoms with E-state index in [1.807, 2.05) is 42.8 Å². The largest absolute Gasteiger partial charge is 0.485 e. The summed E-state index contributed by atoms with van der Waals surface area (Å²) in [6.07, 6.45) is -2.94. The molecule has 0 unspecified atom stereocenters. The molecule has 1 aromatic carbocycles. The van der Waals surface area contributed by atoms with Crippen LogP contribution in [0.5, 0.6) is 5.75 Å². The lowest BCUT2D eigenvalue weighted by molar-refractivity contribution is -0.144. The first-order valence-electron chi connectivity index (χ1n) is 11.1. The van der Waals surface area contributed by atoms with Crippen LogP contribution in [0.2, 0.25) is 0 Å². The van der Waals surface area contributed by atoms with Crippen LogP contribution in [0.25, 0.3) is 0 Å². The molecule has 1 aliphatic heterocycles. The maximum atomic E-state index is 13.1. The second kappa shape index (κ2) is 10.6. The van der Waals surface area contributed by atoms with Crippen molar-refractivity contribution in [1.82, 2.24) is 20.2 Å². The van der Waals surface area contributed by atoms with Crippen LogP contribution in [-0.2, 0) is 12.7 Å². The molecular formula is C24H26F3N5O2S. The average molecular weight is 506 g/mol. The van der Waals surface area contributed by atoms with E-state index in [4.69, 9.17) is 4.74 Å². The molecule has 3 aromatic rings. The smallest absolute Gasteiger partial charge is 0.451 e. The average Bonchev–Trinajstić information content (AvgIpc) is 3.35. The molecule has 0 fully saturated rings. The van der Waals surface area contributed by atoms with Crippen molar-refractivity contribution in [2.75, 3.05) is 38.6 Å². The van der Waals surface area contributed by atoms with Gasteiger partial charge in [0.05, 0.1) is 0 Å². The lowest BCUT2D eigenvalue weighted by atomic mass is 10.1. The van der Waals surface area contributed by atoms with Crippen molar-refractivity contribution in [1.29, 1.82) is 0 Å². The molecule has 4 rings (SSSR count). The minimum absolute atomic E-state index is 0.00948. The number of halogens is 3. The van der Waals surface area contributed by atoms with Gasteiger partial charge in [-0.05, 0) is 42.7 Å². The second-order valence-electron chi connectivity index (χ2n) is 8.24. The number of nitrogens with one attached hydrogen (secondary N) is 1. The maximum Gasteiger partial charge on any atom is 0.451 e. The molecule has 1 atom stereocenters. The Balaban J connectivity index is 1.47. The Morgan fingerprint density at radius 1 is 1.20 bits per heavy atom. The Bertz CT molecular complexity index is 1140. The van der Waals surface area contributed by atoms with Gasteiger partial charge in [0.1, 0.15) is 23.2 Å². The lowest BCUT2D eigenvalue weighted by Gasteiger charge is -2.22. The van der Waals surface area contributed by atoms with Gasteiger partial charge < -0.3 is 19.9 Å².